The van der Waals surface area contributed by atoms with E-state index in [1.807, 2.05) is 69.3 Å². The third-order valence-corrected chi connectivity index (χ3v) is 4.02. The van der Waals surface area contributed by atoms with Crippen LogP contribution < -0.4 is 14.2 Å². The molecule has 0 saturated carbocycles. The molecule has 0 bridgehead atoms. The molecule has 2 aromatic carbocycles. The van der Waals surface area contributed by atoms with Gasteiger partial charge in [0.05, 0.1) is 0 Å². The van der Waals surface area contributed by atoms with Crippen LogP contribution in [0.25, 0.3) is 0 Å². The fourth-order valence-electron chi connectivity index (χ4n) is 2.74. The molecule has 2 aromatic rings. The van der Waals surface area contributed by atoms with E-state index in [0.717, 1.165) is 33.9 Å². The molecular weight excluding hydrogens is 354 g/mol. The van der Waals surface area contributed by atoms with Crippen LogP contribution in [-0.4, -0.2) is 33.1 Å². The minimum Gasteiger partial charge on any atom is -0.490 e. The second-order valence-electron chi connectivity index (χ2n) is 6.29. The zero-order valence-corrected chi connectivity index (χ0v) is 17.1. The molecule has 0 amide bonds. The van der Waals surface area contributed by atoms with Gasteiger partial charge in [-0.05, 0) is 61.7 Å². The van der Waals surface area contributed by atoms with Crippen molar-refractivity contribution in [1.82, 2.24) is 0 Å². The molecule has 5 heteroatoms. The SMILES string of the molecule is C/C=C/COc1cc(C)c(OCCOc2cccc(C/C=N/OC)c2)c(C)c1. The molecule has 0 aliphatic rings. The highest BCUT2D eigenvalue weighted by Gasteiger charge is 2.07. The zero-order valence-electron chi connectivity index (χ0n) is 17.1. The Balaban J connectivity index is 1.85. The van der Waals surface area contributed by atoms with Crippen LogP contribution in [0.1, 0.15) is 23.6 Å². The van der Waals surface area contributed by atoms with Crippen molar-refractivity contribution < 1.29 is 19.0 Å². The van der Waals surface area contributed by atoms with Crippen molar-refractivity contribution in [3.63, 3.8) is 0 Å². The van der Waals surface area contributed by atoms with E-state index >= 15 is 0 Å². The Morgan fingerprint density at radius 3 is 2.39 bits per heavy atom. The molecule has 0 aromatic heterocycles. The Bertz CT molecular complexity index is 776. The topological polar surface area (TPSA) is 49.3 Å². The summed E-state index contributed by atoms with van der Waals surface area (Å²) in [4.78, 5) is 4.68. The van der Waals surface area contributed by atoms with E-state index in [4.69, 9.17) is 14.2 Å². The van der Waals surface area contributed by atoms with Gasteiger partial charge >= 0.3 is 0 Å². The number of hydrogen-bond acceptors (Lipinski definition) is 5. The molecule has 0 fully saturated rings. The van der Waals surface area contributed by atoms with Crippen LogP contribution >= 0.6 is 0 Å². The molecule has 0 heterocycles. The number of oxime groups is 1. The summed E-state index contributed by atoms with van der Waals surface area (Å²) in [6.45, 7) is 7.53. The van der Waals surface area contributed by atoms with E-state index in [-0.39, 0.29) is 0 Å². The van der Waals surface area contributed by atoms with Gasteiger partial charge in [0, 0.05) is 12.6 Å². The van der Waals surface area contributed by atoms with E-state index < -0.39 is 0 Å². The van der Waals surface area contributed by atoms with Gasteiger partial charge in [-0.2, -0.15) is 0 Å². The van der Waals surface area contributed by atoms with Gasteiger partial charge in [0.1, 0.15) is 44.2 Å². The van der Waals surface area contributed by atoms with Crippen molar-refractivity contribution in [2.45, 2.75) is 27.2 Å². The number of ether oxygens (including phenoxy) is 3. The van der Waals surface area contributed by atoms with Crippen LogP contribution in [0.5, 0.6) is 17.2 Å². The molecule has 0 aliphatic heterocycles. The number of rotatable bonds is 11. The van der Waals surface area contributed by atoms with Gasteiger partial charge in [-0.15, -0.1) is 0 Å². The maximum atomic E-state index is 5.95. The first-order valence-electron chi connectivity index (χ1n) is 9.38. The molecule has 150 valence electrons. The van der Waals surface area contributed by atoms with Crippen molar-refractivity contribution in [2.24, 2.45) is 5.16 Å². The molecule has 28 heavy (non-hydrogen) atoms. The molecule has 0 radical (unpaired) electrons. The fraction of sp³-hybridized carbons (Fsp3) is 0.348. The van der Waals surface area contributed by atoms with Crippen LogP contribution in [0.2, 0.25) is 0 Å². The third kappa shape index (κ3) is 6.99. The number of benzene rings is 2. The Morgan fingerprint density at radius 1 is 0.929 bits per heavy atom. The minimum atomic E-state index is 0.466. The summed E-state index contributed by atoms with van der Waals surface area (Å²) in [6, 6.07) is 11.9. The van der Waals surface area contributed by atoms with Gasteiger partial charge in [-0.1, -0.05) is 29.4 Å². The van der Waals surface area contributed by atoms with Gasteiger partial charge in [0.2, 0.25) is 0 Å². The molecule has 2 rings (SSSR count). The van der Waals surface area contributed by atoms with Crippen molar-refractivity contribution in [3.05, 3.63) is 65.2 Å². The summed E-state index contributed by atoms with van der Waals surface area (Å²) < 4.78 is 17.5. The highest BCUT2D eigenvalue weighted by atomic mass is 16.6. The number of allylic oxidation sites excluding steroid dienone is 1. The Hall–Kier alpha value is -2.95. The molecule has 0 spiro atoms. The number of aryl methyl sites for hydroxylation is 2. The first-order valence-corrected chi connectivity index (χ1v) is 9.38. The maximum Gasteiger partial charge on any atom is 0.125 e. The Kier molecular flexibility index (Phi) is 8.92. The van der Waals surface area contributed by atoms with E-state index in [1.54, 1.807) is 6.21 Å². The Labute approximate surface area is 167 Å². The van der Waals surface area contributed by atoms with Gasteiger partial charge < -0.3 is 19.0 Å². The maximum absolute atomic E-state index is 5.95. The second kappa shape index (κ2) is 11.7. The highest BCUT2D eigenvalue weighted by Crippen LogP contribution is 2.28. The van der Waals surface area contributed by atoms with Gasteiger partial charge in [-0.25, -0.2) is 0 Å². The average Bonchev–Trinajstić information content (AvgIpc) is 2.68. The third-order valence-electron chi connectivity index (χ3n) is 4.02. The summed E-state index contributed by atoms with van der Waals surface area (Å²) in [5, 5.41) is 3.75. The van der Waals surface area contributed by atoms with Gasteiger partial charge in [0.15, 0.2) is 0 Å². The number of nitrogens with zero attached hydrogens (tertiary/aromatic N) is 1. The van der Waals surface area contributed by atoms with E-state index in [0.29, 0.717) is 26.2 Å². The van der Waals surface area contributed by atoms with Crippen molar-refractivity contribution in [3.8, 4) is 17.2 Å². The standard InChI is InChI=1S/C23H29NO4/c1-5-6-12-26-22-15-18(2)23(19(3)16-22)28-14-13-27-21-9-7-8-20(17-21)10-11-24-25-4/h5-9,11,15-17H,10,12-14H2,1-4H3/b6-5+,24-11+. The number of hydrogen-bond donors (Lipinski definition) is 0. The predicted molar refractivity (Wildman–Crippen MR) is 113 cm³/mol. The van der Waals surface area contributed by atoms with Gasteiger partial charge in [-0.3, -0.25) is 0 Å². The van der Waals surface area contributed by atoms with Crippen LogP contribution in [-0.2, 0) is 11.3 Å². The monoisotopic (exact) mass is 383 g/mol. The Morgan fingerprint density at radius 2 is 1.68 bits per heavy atom. The van der Waals surface area contributed by atoms with E-state index in [2.05, 4.69) is 9.99 Å². The average molecular weight is 383 g/mol. The largest absolute Gasteiger partial charge is 0.490 e. The lowest BCUT2D eigenvalue weighted by Gasteiger charge is -2.15. The molecule has 0 aliphatic carbocycles. The first kappa shape index (κ1) is 21.4. The molecule has 0 N–H and O–H groups in total. The summed E-state index contributed by atoms with van der Waals surface area (Å²) >= 11 is 0. The van der Waals surface area contributed by atoms with Crippen LogP contribution in [0, 0.1) is 13.8 Å². The van der Waals surface area contributed by atoms with E-state index in [9.17, 15) is 0 Å². The molecule has 0 unspecified atom stereocenters. The highest BCUT2D eigenvalue weighted by molar-refractivity contribution is 5.61. The molecule has 0 saturated heterocycles. The van der Waals surface area contributed by atoms with Crippen molar-refractivity contribution in [2.75, 3.05) is 26.9 Å². The predicted octanol–water partition coefficient (Wildman–Crippen LogP) is 4.89. The summed E-state index contributed by atoms with van der Waals surface area (Å²) in [7, 11) is 1.53. The lowest BCUT2D eigenvalue weighted by Crippen LogP contribution is -2.10. The van der Waals surface area contributed by atoms with Crippen LogP contribution in [0.3, 0.4) is 0 Å². The lowest BCUT2D eigenvalue weighted by molar-refractivity contribution is 0.214. The first-order chi connectivity index (χ1) is 13.6. The summed E-state index contributed by atoms with van der Waals surface area (Å²) in [6.07, 6.45) is 6.37. The van der Waals surface area contributed by atoms with Crippen molar-refractivity contribution >= 4 is 6.21 Å². The smallest absolute Gasteiger partial charge is 0.125 e. The molecular formula is C23H29NO4. The minimum absolute atomic E-state index is 0.466. The van der Waals surface area contributed by atoms with Crippen LogP contribution in [0.15, 0.2) is 53.7 Å². The second-order valence-corrected chi connectivity index (χ2v) is 6.29. The zero-order chi connectivity index (χ0) is 20.2. The van der Waals surface area contributed by atoms with Gasteiger partial charge in [0.25, 0.3) is 0 Å². The normalized spacial score (nSPS) is 11.1. The van der Waals surface area contributed by atoms with Crippen molar-refractivity contribution in [1.29, 1.82) is 0 Å². The van der Waals surface area contributed by atoms with E-state index in [1.165, 1.54) is 7.11 Å². The fourth-order valence-corrected chi connectivity index (χ4v) is 2.74. The summed E-state index contributed by atoms with van der Waals surface area (Å²) in [5.74, 6) is 2.55. The van der Waals surface area contributed by atoms with Crippen LogP contribution in [0.4, 0.5) is 0 Å². The lowest BCUT2D eigenvalue weighted by atomic mass is 10.1. The molecule has 0 atom stereocenters. The molecule has 5 nitrogen and oxygen atoms in total. The quantitative estimate of drug-likeness (QED) is 0.240. The summed E-state index contributed by atoms with van der Waals surface area (Å²) in [5.41, 5.74) is 3.21.